The first-order valence-electron chi connectivity index (χ1n) is 9.41. The first-order valence-corrected chi connectivity index (χ1v) is 9.41. The lowest BCUT2D eigenvalue weighted by molar-refractivity contribution is 0.0756. The third-order valence-electron chi connectivity index (χ3n) is 4.39. The minimum absolute atomic E-state index is 0.0243. The topological polar surface area (TPSA) is 54.5 Å². The van der Waals surface area contributed by atoms with E-state index in [1.807, 2.05) is 55.1 Å². The van der Waals surface area contributed by atoms with E-state index in [2.05, 4.69) is 10.3 Å². The Morgan fingerprint density at radius 3 is 2.38 bits per heavy atom. The van der Waals surface area contributed by atoms with Crippen molar-refractivity contribution in [1.29, 1.82) is 0 Å². The summed E-state index contributed by atoms with van der Waals surface area (Å²) < 4.78 is 5.66. The van der Waals surface area contributed by atoms with Crippen LogP contribution in [0, 0.1) is 0 Å². The van der Waals surface area contributed by atoms with Gasteiger partial charge >= 0.3 is 0 Å². The number of nitrogens with zero attached hydrogens (tertiary/aromatic N) is 2. The number of carbonyl (C=O) groups is 1. The molecule has 0 spiro atoms. The molecule has 26 heavy (non-hydrogen) atoms. The molecule has 5 nitrogen and oxygen atoms in total. The van der Waals surface area contributed by atoms with Crippen LogP contribution in [0.3, 0.4) is 0 Å². The molecule has 1 aromatic heterocycles. The van der Waals surface area contributed by atoms with Crippen LogP contribution in [0.2, 0.25) is 0 Å². The minimum Gasteiger partial charge on any atom is -0.491 e. The molecule has 1 aliphatic heterocycles. The fourth-order valence-corrected chi connectivity index (χ4v) is 3.12. The van der Waals surface area contributed by atoms with Crippen molar-refractivity contribution in [2.24, 2.45) is 0 Å². The number of hydrogen-bond donors (Lipinski definition) is 1. The fourth-order valence-electron chi connectivity index (χ4n) is 3.12. The van der Waals surface area contributed by atoms with Crippen molar-refractivity contribution in [3.63, 3.8) is 0 Å². The number of benzene rings is 1. The van der Waals surface area contributed by atoms with Gasteiger partial charge in [0.05, 0.1) is 6.10 Å². The summed E-state index contributed by atoms with van der Waals surface area (Å²) in [5.74, 6) is 0.869. The highest BCUT2D eigenvalue weighted by Crippen LogP contribution is 2.21. The van der Waals surface area contributed by atoms with E-state index in [9.17, 15) is 4.79 Å². The zero-order chi connectivity index (χ0) is 18.4. The highest BCUT2D eigenvalue weighted by molar-refractivity contribution is 5.93. The Labute approximate surface area is 155 Å². The second kappa shape index (κ2) is 8.70. The molecule has 1 aromatic carbocycles. The number of pyridine rings is 1. The van der Waals surface area contributed by atoms with Crippen molar-refractivity contribution in [2.75, 3.05) is 18.4 Å². The van der Waals surface area contributed by atoms with Gasteiger partial charge in [0.2, 0.25) is 0 Å². The number of amides is 1. The van der Waals surface area contributed by atoms with Crippen molar-refractivity contribution in [3.8, 4) is 5.75 Å². The molecule has 3 rings (SSSR count). The first-order chi connectivity index (χ1) is 12.6. The normalized spacial score (nSPS) is 14.8. The van der Waals surface area contributed by atoms with Gasteiger partial charge in [0.15, 0.2) is 0 Å². The van der Waals surface area contributed by atoms with Gasteiger partial charge in [0.1, 0.15) is 11.4 Å². The standard InChI is InChI=1S/C21H27N3O2/c1-16(2)26-19-9-7-17(8-10-19)23-18-11-12-22-20(15-18)21(25)24-13-5-3-4-6-14-24/h7-12,15-16H,3-6,13-14H2,1-2H3,(H,22,23). The minimum atomic E-state index is 0.0243. The molecule has 2 heterocycles. The molecular weight excluding hydrogens is 326 g/mol. The summed E-state index contributed by atoms with van der Waals surface area (Å²) in [6.45, 7) is 5.67. The van der Waals surface area contributed by atoms with Gasteiger partial charge in [-0.25, -0.2) is 0 Å². The number of nitrogens with one attached hydrogen (secondary N) is 1. The van der Waals surface area contributed by atoms with E-state index in [0.29, 0.717) is 5.69 Å². The molecule has 0 radical (unpaired) electrons. The summed E-state index contributed by atoms with van der Waals surface area (Å²) in [6, 6.07) is 11.5. The van der Waals surface area contributed by atoms with Crippen molar-refractivity contribution in [2.45, 2.75) is 45.6 Å². The summed E-state index contributed by atoms with van der Waals surface area (Å²) in [6.07, 6.45) is 6.40. The van der Waals surface area contributed by atoms with Crippen LogP contribution in [0.4, 0.5) is 11.4 Å². The third kappa shape index (κ3) is 4.97. The van der Waals surface area contributed by atoms with Crippen LogP contribution >= 0.6 is 0 Å². The van der Waals surface area contributed by atoms with Crippen LogP contribution in [-0.2, 0) is 0 Å². The summed E-state index contributed by atoms with van der Waals surface area (Å²) in [5.41, 5.74) is 2.30. The van der Waals surface area contributed by atoms with Crippen LogP contribution in [-0.4, -0.2) is 35.0 Å². The van der Waals surface area contributed by atoms with E-state index in [-0.39, 0.29) is 12.0 Å². The second-order valence-electron chi connectivity index (χ2n) is 6.95. The van der Waals surface area contributed by atoms with Crippen LogP contribution < -0.4 is 10.1 Å². The maximum absolute atomic E-state index is 12.7. The highest BCUT2D eigenvalue weighted by atomic mass is 16.5. The van der Waals surface area contributed by atoms with Crippen molar-refractivity contribution in [1.82, 2.24) is 9.88 Å². The lowest BCUT2D eigenvalue weighted by Gasteiger charge is -2.20. The van der Waals surface area contributed by atoms with Gasteiger partial charge in [-0.2, -0.15) is 0 Å². The Balaban J connectivity index is 1.67. The quantitative estimate of drug-likeness (QED) is 0.851. The smallest absolute Gasteiger partial charge is 0.272 e. The maximum atomic E-state index is 12.7. The number of rotatable bonds is 5. The largest absolute Gasteiger partial charge is 0.491 e. The molecule has 1 saturated heterocycles. The average molecular weight is 353 g/mol. The number of carbonyl (C=O) groups excluding carboxylic acids is 1. The van der Waals surface area contributed by atoms with E-state index in [4.69, 9.17) is 4.74 Å². The van der Waals surface area contributed by atoms with Crippen LogP contribution in [0.15, 0.2) is 42.6 Å². The molecule has 1 fully saturated rings. The predicted octanol–water partition coefficient (Wildman–Crippen LogP) is 4.63. The number of hydrogen-bond acceptors (Lipinski definition) is 4. The monoisotopic (exact) mass is 353 g/mol. The first kappa shape index (κ1) is 18.2. The zero-order valence-electron chi connectivity index (χ0n) is 15.6. The number of likely N-dealkylation sites (tertiary alicyclic amines) is 1. The van der Waals surface area contributed by atoms with E-state index >= 15 is 0 Å². The molecule has 0 bridgehead atoms. The molecule has 0 unspecified atom stereocenters. The maximum Gasteiger partial charge on any atom is 0.272 e. The highest BCUT2D eigenvalue weighted by Gasteiger charge is 2.18. The van der Waals surface area contributed by atoms with Crippen molar-refractivity contribution < 1.29 is 9.53 Å². The van der Waals surface area contributed by atoms with Gasteiger partial charge in [-0.05, 0) is 63.1 Å². The summed E-state index contributed by atoms with van der Waals surface area (Å²) in [4.78, 5) is 18.9. The molecule has 0 saturated carbocycles. The molecule has 2 aromatic rings. The molecular formula is C21H27N3O2. The van der Waals surface area contributed by atoms with Gasteiger partial charge in [0.25, 0.3) is 5.91 Å². The Bertz CT molecular complexity index is 720. The Kier molecular flexibility index (Phi) is 6.10. The zero-order valence-corrected chi connectivity index (χ0v) is 15.6. The fraction of sp³-hybridized carbons (Fsp3) is 0.429. The summed E-state index contributed by atoms with van der Waals surface area (Å²) in [7, 11) is 0. The van der Waals surface area contributed by atoms with Gasteiger partial charge in [-0.1, -0.05) is 12.8 Å². The van der Waals surface area contributed by atoms with E-state index in [1.165, 1.54) is 12.8 Å². The van der Waals surface area contributed by atoms with Gasteiger partial charge in [0, 0.05) is 30.7 Å². The molecule has 1 amide bonds. The molecule has 0 atom stereocenters. The number of ether oxygens (including phenoxy) is 1. The lowest BCUT2D eigenvalue weighted by Crippen LogP contribution is -2.32. The van der Waals surface area contributed by atoms with E-state index < -0.39 is 0 Å². The molecule has 5 heteroatoms. The molecule has 1 N–H and O–H groups in total. The van der Waals surface area contributed by atoms with Crippen LogP contribution in [0.5, 0.6) is 5.75 Å². The van der Waals surface area contributed by atoms with Crippen molar-refractivity contribution >= 4 is 17.3 Å². The Morgan fingerprint density at radius 2 is 1.73 bits per heavy atom. The molecule has 138 valence electrons. The molecule has 1 aliphatic rings. The number of anilines is 2. The number of aromatic nitrogens is 1. The van der Waals surface area contributed by atoms with Crippen LogP contribution in [0.1, 0.15) is 50.0 Å². The van der Waals surface area contributed by atoms with Gasteiger partial charge in [-0.15, -0.1) is 0 Å². The van der Waals surface area contributed by atoms with Gasteiger partial charge < -0.3 is 15.0 Å². The molecule has 0 aliphatic carbocycles. The third-order valence-corrected chi connectivity index (χ3v) is 4.39. The Morgan fingerprint density at radius 1 is 1.04 bits per heavy atom. The average Bonchev–Trinajstić information content (AvgIpc) is 2.92. The van der Waals surface area contributed by atoms with Crippen LogP contribution in [0.25, 0.3) is 0 Å². The van der Waals surface area contributed by atoms with Gasteiger partial charge in [-0.3, -0.25) is 9.78 Å². The lowest BCUT2D eigenvalue weighted by atomic mass is 10.2. The summed E-state index contributed by atoms with van der Waals surface area (Å²) >= 11 is 0. The van der Waals surface area contributed by atoms with Crippen molar-refractivity contribution in [3.05, 3.63) is 48.3 Å². The SMILES string of the molecule is CC(C)Oc1ccc(Nc2ccnc(C(=O)N3CCCCCC3)c2)cc1. The van der Waals surface area contributed by atoms with E-state index in [1.54, 1.807) is 6.20 Å². The second-order valence-corrected chi connectivity index (χ2v) is 6.95. The van der Waals surface area contributed by atoms with E-state index in [0.717, 1.165) is 43.1 Å². The Hall–Kier alpha value is -2.56. The summed E-state index contributed by atoms with van der Waals surface area (Å²) in [5, 5.41) is 3.33. The predicted molar refractivity (Wildman–Crippen MR) is 104 cm³/mol.